The molecule has 0 saturated heterocycles. The third-order valence-corrected chi connectivity index (χ3v) is 3.90. The van der Waals surface area contributed by atoms with Crippen molar-refractivity contribution in [2.45, 2.75) is 26.3 Å². The molecule has 4 nitrogen and oxygen atoms in total. The highest BCUT2D eigenvalue weighted by molar-refractivity contribution is 14.1. The number of carbonyl (C=O) groups is 2. The Balaban J connectivity index is 0. The van der Waals surface area contributed by atoms with Gasteiger partial charge in [0.15, 0.2) is 0 Å². The van der Waals surface area contributed by atoms with Gasteiger partial charge in [-0.1, -0.05) is 36.4 Å². The van der Waals surface area contributed by atoms with Gasteiger partial charge in [-0.15, -0.1) is 24.8 Å². The van der Waals surface area contributed by atoms with Crippen molar-refractivity contribution in [2.75, 3.05) is 0 Å². The monoisotopic (exact) mass is 530 g/mol. The fraction of sp³-hybridized carbons (Fsp3) is 0.222. The molecule has 0 radical (unpaired) electrons. The average Bonchev–Trinajstić information content (AvgIpc) is 2.54. The second-order valence-electron chi connectivity index (χ2n) is 6.00. The van der Waals surface area contributed by atoms with Crippen molar-refractivity contribution in [1.82, 2.24) is 5.01 Å². The van der Waals surface area contributed by atoms with E-state index in [2.05, 4.69) is 22.6 Å². The minimum absolute atomic E-state index is 0. The lowest BCUT2D eigenvalue weighted by Crippen LogP contribution is -2.50. The van der Waals surface area contributed by atoms with Gasteiger partial charge in [0.05, 0.1) is 5.54 Å². The Morgan fingerprint density at radius 1 is 0.962 bits per heavy atom. The highest BCUT2D eigenvalue weighted by atomic mass is 127. The first-order chi connectivity index (χ1) is 11.1. The van der Waals surface area contributed by atoms with Crippen LogP contribution in [-0.2, 0) is 0 Å². The maximum atomic E-state index is 11.9. The van der Waals surface area contributed by atoms with Crippen molar-refractivity contribution in [2.24, 2.45) is 5.84 Å². The van der Waals surface area contributed by atoms with Gasteiger partial charge in [-0.3, -0.25) is 14.6 Å². The molecule has 0 aromatic heterocycles. The second-order valence-corrected chi connectivity index (χ2v) is 7.58. The van der Waals surface area contributed by atoms with E-state index in [1.165, 1.54) is 5.01 Å². The highest BCUT2D eigenvalue weighted by Gasteiger charge is 2.24. The Morgan fingerprint density at radius 3 is 1.85 bits per heavy atom. The van der Waals surface area contributed by atoms with E-state index in [0.29, 0.717) is 11.1 Å². The molecule has 1 amide bonds. The minimum Gasteiger partial charge on any atom is -0.276 e. The lowest BCUT2D eigenvalue weighted by atomic mass is 10.1. The summed E-state index contributed by atoms with van der Waals surface area (Å²) in [7, 11) is 0. The maximum Gasteiger partial charge on any atom is 0.268 e. The van der Waals surface area contributed by atoms with Crippen molar-refractivity contribution < 1.29 is 9.59 Å². The van der Waals surface area contributed by atoms with E-state index in [9.17, 15) is 9.59 Å². The van der Waals surface area contributed by atoms with Crippen molar-refractivity contribution >= 4 is 70.2 Å². The van der Waals surface area contributed by atoms with Gasteiger partial charge in [-0.25, -0.2) is 5.84 Å². The first-order valence-corrected chi connectivity index (χ1v) is 8.68. The first kappa shape index (κ1) is 27.4. The van der Waals surface area contributed by atoms with E-state index >= 15 is 0 Å². The van der Waals surface area contributed by atoms with Crippen LogP contribution in [0.1, 0.15) is 41.5 Å². The molecule has 8 heteroatoms. The second kappa shape index (κ2) is 12.5. The lowest BCUT2D eigenvalue weighted by Gasteiger charge is -2.31. The highest BCUT2D eigenvalue weighted by Crippen LogP contribution is 2.14. The van der Waals surface area contributed by atoms with E-state index in [1.807, 2.05) is 45.0 Å². The van der Waals surface area contributed by atoms with Crippen LogP contribution < -0.4 is 5.84 Å². The van der Waals surface area contributed by atoms with Crippen molar-refractivity contribution in [3.05, 3.63) is 69.3 Å². The molecule has 26 heavy (non-hydrogen) atoms. The summed E-state index contributed by atoms with van der Waals surface area (Å²) in [5.41, 5.74) is 0.803. The third-order valence-electron chi connectivity index (χ3n) is 3.01. The summed E-state index contributed by atoms with van der Waals surface area (Å²) < 4.78 is 1.03. The zero-order valence-corrected chi connectivity index (χ0v) is 19.2. The van der Waals surface area contributed by atoms with Crippen LogP contribution in [0.25, 0.3) is 0 Å². The normalized spacial score (nSPS) is 9.62. The summed E-state index contributed by atoms with van der Waals surface area (Å²) in [6.45, 7) is 5.70. The van der Waals surface area contributed by atoms with Gasteiger partial charge in [-0.2, -0.15) is 0 Å². The molecular weight excluding hydrogens is 509 g/mol. The molecule has 0 aliphatic heterocycles. The average molecular weight is 532 g/mol. The fourth-order valence-electron chi connectivity index (χ4n) is 1.63. The zero-order chi connectivity index (χ0) is 18.3. The Bertz CT molecular complexity index is 707. The van der Waals surface area contributed by atoms with E-state index in [0.717, 1.165) is 3.57 Å². The number of rotatable bonds is 2. The summed E-state index contributed by atoms with van der Waals surface area (Å²) in [5, 5.41) is 0.855. The van der Waals surface area contributed by atoms with Gasteiger partial charge < -0.3 is 0 Å². The Hall–Kier alpha value is -0.860. The van der Waals surface area contributed by atoms with Crippen LogP contribution >= 0.6 is 59.0 Å². The molecular formula is C18H22Cl3IN2O2. The van der Waals surface area contributed by atoms with E-state index < -0.39 is 5.24 Å². The van der Waals surface area contributed by atoms with Crippen molar-refractivity contribution in [3.63, 3.8) is 0 Å². The predicted molar refractivity (Wildman–Crippen MR) is 120 cm³/mol. The Morgan fingerprint density at radius 2 is 1.46 bits per heavy atom. The molecule has 0 fully saturated rings. The van der Waals surface area contributed by atoms with Crippen LogP contribution in [0.2, 0.25) is 0 Å². The van der Waals surface area contributed by atoms with Gasteiger partial charge in [0, 0.05) is 14.7 Å². The number of hydrogen-bond acceptors (Lipinski definition) is 3. The summed E-state index contributed by atoms with van der Waals surface area (Å²) >= 11 is 7.34. The number of carbonyl (C=O) groups excluding carboxylic acids is 2. The molecule has 0 heterocycles. The van der Waals surface area contributed by atoms with E-state index in [-0.39, 0.29) is 36.3 Å². The lowest BCUT2D eigenvalue weighted by molar-refractivity contribution is 0.0581. The summed E-state index contributed by atoms with van der Waals surface area (Å²) in [6, 6.07) is 16.1. The van der Waals surface area contributed by atoms with Crippen LogP contribution in [-0.4, -0.2) is 21.7 Å². The molecule has 0 spiro atoms. The zero-order valence-electron chi connectivity index (χ0n) is 14.6. The molecule has 0 unspecified atom stereocenters. The SMILES string of the molecule is CC(C)(C)N(N)C(=O)c1cccc(I)c1.Cl.Cl.O=C(Cl)c1ccccc1. The van der Waals surface area contributed by atoms with E-state index in [4.69, 9.17) is 17.4 Å². The smallest absolute Gasteiger partial charge is 0.268 e. The molecule has 0 aliphatic rings. The van der Waals surface area contributed by atoms with Gasteiger partial charge in [0.1, 0.15) is 0 Å². The number of amides is 1. The Kier molecular flexibility index (Phi) is 13.2. The number of nitrogens with two attached hydrogens (primary N) is 1. The molecule has 0 saturated carbocycles. The number of hydrazine groups is 1. The fourth-order valence-corrected chi connectivity index (χ4v) is 2.30. The molecule has 0 bridgehead atoms. The van der Waals surface area contributed by atoms with Gasteiger partial charge >= 0.3 is 0 Å². The number of benzene rings is 2. The molecule has 144 valence electrons. The summed E-state index contributed by atoms with van der Waals surface area (Å²) in [5.74, 6) is 5.61. The van der Waals surface area contributed by atoms with Crippen LogP contribution in [0, 0.1) is 3.57 Å². The van der Waals surface area contributed by atoms with Crippen LogP contribution in [0.5, 0.6) is 0 Å². The molecule has 0 atom stereocenters. The molecule has 2 aromatic rings. The van der Waals surface area contributed by atoms with Crippen LogP contribution in [0.15, 0.2) is 54.6 Å². The first-order valence-electron chi connectivity index (χ1n) is 7.22. The van der Waals surface area contributed by atoms with Crippen molar-refractivity contribution in [3.8, 4) is 0 Å². The third kappa shape index (κ3) is 9.19. The molecule has 2 rings (SSSR count). The summed E-state index contributed by atoms with van der Waals surface area (Å²) in [4.78, 5) is 22.4. The quantitative estimate of drug-likeness (QED) is 0.188. The number of nitrogens with zero attached hydrogens (tertiary/aromatic N) is 1. The summed E-state index contributed by atoms with van der Waals surface area (Å²) in [6.07, 6.45) is 0. The van der Waals surface area contributed by atoms with Crippen molar-refractivity contribution in [1.29, 1.82) is 0 Å². The minimum atomic E-state index is -0.407. The largest absolute Gasteiger partial charge is 0.276 e. The topological polar surface area (TPSA) is 63.4 Å². The predicted octanol–water partition coefficient (Wildman–Crippen LogP) is 5.31. The molecule has 0 aliphatic carbocycles. The van der Waals surface area contributed by atoms with Crippen LogP contribution in [0.3, 0.4) is 0 Å². The Labute approximate surface area is 185 Å². The standard InChI is InChI=1S/C11H15IN2O.C7H5ClO.2ClH/c1-11(2,3)14(13)10(15)8-5-4-6-9(12)7-8;8-7(9)6-4-2-1-3-5-6;;/h4-7H,13H2,1-3H3;1-5H;2*1H. The van der Waals surface area contributed by atoms with Gasteiger partial charge in [0.2, 0.25) is 0 Å². The van der Waals surface area contributed by atoms with Gasteiger partial charge in [-0.05, 0) is 73.2 Å². The molecule has 2 N–H and O–H groups in total. The number of hydrogen-bond donors (Lipinski definition) is 1. The number of halogens is 4. The maximum absolute atomic E-state index is 11.9. The van der Waals surface area contributed by atoms with Gasteiger partial charge in [0.25, 0.3) is 11.1 Å². The molecule has 2 aromatic carbocycles. The van der Waals surface area contributed by atoms with Crippen LogP contribution in [0.4, 0.5) is 0 Å². The van der Waals surface area contributed by atoms with E-state index in [1.54, 1.807) is 30.3 Å².